The molecule has 1 saturated carbocycles. The fourth-order valence-electron chi connectivity index (χ4n) is 1.92. The Kier molecular flexibility index (Phi) is 7.15. The molecule has 1 rings (SSSR count). The molecule has 0 aromatic rings. The molecule has 5 nitrogen and oxygen atoms in total. The Bertz CT molecular complexity index is 271. The van der Waals surface area contributed by atoms with Gasteiger partial charge in [-0.25, -0.2) is 0 Å². The van der Waals surface area contributed by atoms with Gasteiger partial charge < -0.3 is 16.0 Å². The van der Waals surface area contributed by atoms with Crippen LogP contribution in [0.3, 0.4) is 0 Å². The van der Waals surface area contributed by atoms with E-state index in [9.17, 15) is 9.59 Å². The Hall–Kier alpha value is -0.810. The average molecular weight is 264 g/mol. The smallest absolute Gasteiger partial charge is 0.223 e. The number of amides is 2. The van der Waals surface area contributed by atoms with Gasteiger partial charge in [0.05, 0.1) is 0 Å². The van der Waals surface area contributed by atoms with Crippen LogP contribution < -0.4 is 11.1 Å². The molecule has 0 aromatic heterocycles. The van der Waals surface area contributed by atoms with E-state index in [4.69, 9.17) is 5.73 Å². The molecule has 100 valence electrons. The van der Waals surface area contributed by atoms with Crippen molar-refractivity contribution in [3.8, 4) is 0 Å². The van der Waals surface area contributed by atoms with Gasteiger partial charge in [-0.3, -0.25) is 9.59 Å². The van der Waals surface area contributed by atoms with Crippen LogP contribution >= 0.6 is 12.4 Å². The molecular weight excluding hydrogens is 242 g/mol. The predicted molar refractivity (Wildman–Crippen MR) is 68.9 cm³/mol. The third-order valence-corrected chi connectivity index (χ3v) is 2.98. The molecule has 0 aliphatic heterocycles. The summed E-state index contributed by atoms with van der Waals surface area (Å²) in [7, 11) is 3.42. The third kappa shape index (κ3) is 5.37. The third-order valence-electron chi connectivity index (χ3n) is 2.98. The van der Waals surface area contributed by atoms with Crippen molar-refractivity contribution in [1.29, 1.82) is 0 Å². The van der Waals surface area contributed by atoms with Gasteiger partial charge in [0.15, 0.2) is 0 Å². The van der Waals surface area contributed by atoms with E-state index in [0.29, 0.717) is 13.0 Å². The molecule has 2 amide bonds. The molecule has 2 atom stereocenters. The van der Waals surface area contributed by atoms with Crippen LogP contribution in [0.5, 0.6) is 0 Å². The normalized spacial score (nSPS) is 22.8. The molecule has 0 spiro atoms. The fourth-order valence-corrected chi connectivity index (χ4v) is 1.92. The summed E-state index contributed by atoms with van der Waals surface area (Å²) in [5, 5.41) is 2.79. The van der Waals surface area contributed by atoms with E-state index in [1.54, 1.807) is 14.1 Å². The van der Waals surface area contributed by atoms with Gasteiger partial charge in [0.25, 0.3) is 0 Å². The van der Waals surface area contributed by atoms with Crippen molar-refractivity contribution in [2.75, 3.05) is 20.6 Å². The summed E-state index contributed by atoms with van der Waals surface area (Å²) in [6, 6.07) is 0.166. The van der Waals surface area contributed by atoms with Crippen LogP contribution in [0.1, 0.15) is 25.7 Å². The van der Waals surface area contributed by atoms with Crippen LogP contribution in [-0.2, 0) is 9.59 Å². The summed E-state index contributed by atoms with van der Waals surface area (Å²) in [5.41, 5.74) is 5.74. The number of nitrogens with zero attached hydrogens (tertiary/aromatic N) is 1. The lowest BCUT2D eigenvalue weighted by Crippen LogP contribution is -2.33. The molecule has 2 unspecified atom stereocenters. The fraction of sp³-hybridized carbons (Fsp3) is 0.818. The van der Waals surface area contributed by atoms with Crippen molar-refractivity contribution in [3.05, 3.63) is 0 Å². The highest BCUT2D eigenvalue weighted by molar-refractivity contribution is 5.85. The molecule has 3 N–H and O–H groups in total. The van der Waals surface area contributed by atoms with Gasteiger partial charge in [0.2, 0.25) is 11.8 Å². The highest BCUT2D eigenvalue weighted by Gasteiger charge is 2.27. The van der Waals surface area contributed by atoms with E-state index < -0.39 is 0 Å². The van der Waals surface area contributed by atoms with Crippen LogP contribution in [0.2, 0.25) is 0 Å². The maximum Gasteiger partial charge on any atom is 0.223 e. The summed E-state index contributed by atoms with van der Waals surface area (Å²) in [4.78, 5) is 24.4. The molecule has 6 heteroatoms. The number of carbonyl (C=O) groups excluding carboxylic acids is 2. The maximum absolute atomic E-state index is 11.7. The minimum atomic E-state index is 0. The number of carbonyl (C=O) groups is 2. The standard InChI is InChI=1S/C11H21N3O2.ClH/c1-14(2)10(15)5-6-13-11(16)8-3-4-9(12)7-8;/h8-9H,3-7,12H2,1-2H3,(H,13,16);1H. The van der Waals surface area contributed by atoms with E-state index in [1.807, 2.05) is 0 Å². The first-order valence-corrected chi connectivity index (χ1v) is 5.74. The Balaban J connectivity index is 0.00000256. The first-order chi connectivity index (χ1) is 7.50. The van der Waals surface area contributed by atoms with Crippen LogP contribution in [0, 0.1) is 5.92 Å². The topological polar surface area (TPSA) is 75.4 Å². The molecule has 1 fully saturated rings. The monoisotopic (exact) mass is 263 g/mol. The Morgan fingerprint density at radius 2 is 2.00 bits per heavy atom. The second-order valence-corrected chi connectivity index (χ2v) is 4.60. The van der Waals surface area contributed by atoms with Crippen LogP contribution in [0.15, 0.2) is 0 Å². The largest absolute Gasteiger partial charge is 0.355 e. The lowest BCUT2D eigenvalue weighted by Gasteiger charge is -2.12. The number of halogens is 1. The first-order valence-electron chi connectivity index (χ1n) is 5.74. The van der Waals surface area contributed by atoms with Gasteiger partial charge in [-0.15, -0.1) is 12.4 Å². The van der Waals surface area contributed by atoms with Gasteiger partial charge >= 0.3 is 0 Å². The summed E-state index contributed by atoms with van der Waals surface area (Å²) < 4.78 is 0. The SMILES string of the molecule is CN(C)C(=O)CCNC(=O)C1CCC(N)C1.Cl. The lowest BCUT2D eigenvalue weighted by atomic mass is 10.1. The number of rotatable bonds is 4. The molecule has 0 aromatic carbocycles. The van der Waals surface area contributed by atoms with E-state index in [1.165, 1.54) is 4.90 Å². The molecule has 0 radical (unpaired) electrons. The Morgan fingerprint density at radius 3 is 2.47 bits per heavy atom. The zero-order valence-corrected chi connectivity index (χ0v) is 11.3. The number of hydrogen-bond donors (Lipinski definition) is 2. The van der Waals surface area contributed by atoms with Crippen LogP contribution in [-0.4, -0.2) is 43.4 Å². The van der Waals surface area contributed by atoms with E-state index in [0.717, 1.165) is 19.3 Å². The minimum Gasteiger partial charge on any atom is -0.355 e. The molecule has 17 heavy (non-hydrogen) atoms. The van der Waals surface area contributed by atoms with Crippen molar-refractivity contribution >= 4 is 24.2 Å². The summed E-state index contributed by atoms with van der Waals surface area (Å²) in [6.07, 6.45) is 2.92. The van der Waals surface area contributed by atoms with Gasteiger partial charge in [0.1, 0.15) is 0 Å². The molecule has 0 saturated heterocycles. The van der Waals surface area contributed by atoms with Crippen molar-refractivity contribution < 1.29 is 9.59 Å². The predicted octanol–water partition coefficient (Wildman–Crippen LogP) is 0.130. The van der Waals surface area contributed by atoms with E-state index in [-0.39, 0.29) is 36.2 Å². The second-order valence-electron chi connectivity index (χ2n) is 4.60. The van der Waals surface area contributed by atoms with E-state index in [2.05, 4.69) is 5.32 Å². The average Bonchev–Trinajstić information content (AvgIpc) is 2.64. The van der Waals surface area contributed by atoms with Gasteiger partial charge in [-0.2, -0.15) is 0 Å². The summed E-state index contributed by atoms with van der Waals surface area (Å²) >= 11 is 0. The molecular formula is C11H22ClN3O2. The van der Waals surface area contributed by atoms with Crippen LogP contribution in [0.25, 0.3) is 0 Å². The Labute approximate surface area is 109 Å². The number of hydrogen-bond acceptors (Lipinski definition) is 3. The number of nitrogens with two attached hydrogens (primary N) is 1. The summed E-state index contributed by atoms with van der Waals surface area (Å²) in [5.74, 6) is 0.118. The van der Waals surface area contributed by atoms with Crippen molar-refractivity contribution in [2.24, 2.45) is 11.7 Å². The maximum atomic E-state index is 11.7. The quantitative estimate of drug-likeness (QED) is 0.757. The second kappa shape index (κ2) is 7.50. The van der Waals surface area contributed by atoms with Crippen molar-refractivity contribution in [2.45, 2.75) is 31.7 Å². The van der Waals surface area contributed by atoms with Gasteiger partial charge in [0, 0.05) is 39.0 Å². The lowest BCUT2D eigenvalue weighted by molar-refractivity contribution is -0.129. The molecule has 0 heterocycles. The number of nitrogens with one attached hydrogen (secondary N) is 1. The molecule has 1 aliphatic carbocycles. The van der Waals surface area contributed by atoms with Gasteiger partial charge in [-0.05, 0) is 19.3 Å². The van der Waals surface area contributed by atoms with Gasteiger partial charge in [-0.1, -0.05) is 0 Å². The minimum absolute atomic E-state index is 0. The zero-order chi connectivity index (χ0) is 12.1. The highest BCUT2D eigenvalue weighted by Crippen LogP contribution is 2.23. The van der Waals surface area contributed by atoms with Crippen molar-refractivity contribution in [1.82, 2.24) is 10.2 Å². The summed E-state index contributed by atoms with van der Waals surface area (Å²) in [6.45, 7) is 0.418. The Morgan fingerprint density at radius 1 is 1.35 bits per heavy atom. The first kappa shape index (κ1) is 16.2. The molecule has 0 bridgehead atoms. The highest BCUT2D eigenvalue weighted by atomic mass is 35.5. The van der Waals surface area contributed by atoms with Crippen LogP contribution in [0.4, 0.5) is 0 Å². The van der Waals surface area contributed by atoms with Crippen molar-refractivity contribution in [3.63, 3.8) is 0 Å². The van der Waals surface area contributed by atoms with E-state index >= 15 is 0 Å². The molecule has 1 aliphatic rings. The zero-order valence-electron chi connectivity index (χ0n) is 10.4.